The summed E-state index contributed by atoms with van der Waals surface area (Å²) in [6, 6.07) is 5.30. The van der Waals surface area contributed by atoms with Gasteiger partial charge in [-0.15, -0.1) is 0 Å². The van der Waals surface area contributed by atoms with Gasteiger partial charge in [0, 0.05) is 30.6 Å². The molecule has 3 N–H and O–H groups in total. The number of hydrogen-bond donors (Lipinski definition) is 3. The number of phenolic OH excluding ortho intramolecular Hbond substituents is 1. The van der Waals surface area contributed by atoms with Crippen LogP contribution in [-0.4, -0.2) is 44.9 Å². The highest BCUT2D eigenvalue weighted by atomic mass is 16.3. The second-order valence-electron chi connectivity index (χ2n) is 6.29. The molecule has 120 valence electrons. The second-order valence-corrected chi connectivity index (χ2v) is 6.29. The zero-order valence-electron chi connectivity index (χ0n) is 13.1. The van der Waals surface area contributed by atoms with Crippen LogP contribution in [0.25, 0.3) is 21.9 Å². The lowest BCUT2D eigenvalue weighted by atomic mass is 9.97. The van der Waals surface area contributed by atoms with Crippen LogP contribution in [0.5, 0.6) is 5.75 Å². The number of nitrogens with one attached hydrogen (secondary N) is 1. The van der Waals surface area contributed by atoms with Crippen LogP contribution in [0.2, 0.25) is 0 Å². The number of fused-ring (bicyclic) bond motifs is 3. The fourth-order valence-electron chi connectivity index (χ4n) is 3.43. The number of rotatable bonds is 2. The molecule has 1 aromatic carbocycles. The first-order valence-electron chi connectivity index (χ1n) is 8.00. The zero-order chi connectivity index (χ0) is 16.0. The van der Waals surface area contributed by atoms with Gasteiger partial charge in [-0.25, -0.2) is 9.97 Å². The van der Waals surface area contributed by atoms with E-state index in [0.717, 1.165) is 59.5 Å². The standard InChI is InChI=1S/C17H20N4O2/c1-10-18-16-15(13-8-12(23)2-3-14(13)20-16)17(19-10)21-6-4-11(9-22)5-7-21/h2-3,8,11,22-23H,4-7,9H2,1H3,(H,18,19,20). The number of aromatic amines is 1. The fourth-order valence-corrected chi connectivity index (χ4v) is 3.43. The Morgan fingerprint density at radius 2 is 2.04 bits per heavy atom. The van der Waals surface area contributed by atoms with E-state index in [1.807, 2.05) is 13.0 Å². The molecular weight excluding hydrogens is 292 g/mol. The van der Waals surface area contributed by atoms with Crippen molar-refractivity contribution in [2.75, 3.05) is 24.6 Å². The quantitative estimate of drug-likeness (QED) is 0.676. The summed E-state index contributed by atoms with van der Waals surface area (Å²) in [5, 5.41) is 21.1. The fraction of sp³-hybridized carbons (Fsp3) is 0.412. The van der Waals surface area contributed by atoms with E-state index in [0.29, 0.717) is 5.92 Å². The Kier molecular flexibility index (Phi) is 3.34. The molecule has 0 bridgehead atoms. The maximum atomic E-state index is 9.83. The van der Waals surface area contributed by atoms with Crippen molar-refractivity contribution in [3.05, 3.63) is 24.0 Å². The number of phenols is 1. The van der Waals surface area contributed by atoms with E-state index in [2.05, 4.69) is 19.9 Å². The number of anilines is 1. The number of H-pyrrole nitrogens is 1. The molecule has 0 atom stereocenters. The van der Waals surface area contributed by atoms with Crippen molar-refractivity contribution in [2.45, 2.75) is 19.8 Å². The van der Waals surface area contributed by atoms with Gasteiger partial charge in [-0.3, -0.25) is 0 Å². The molecule has 0 saturated carbocycles. The first kappa shape index (κ1) is 14.3. The minimum absolute atomic E-state index is 0.240. The first-order valence-corrected chi connectivity index (χ1v) is 8.00. The minimum Gasteiger partial charge on any atom is -0.508 e. The van der Waals surface area contributed by atoms with Crippen molar-refractivity contribution in [1.82, 2.24) is 15.0 Å². The van der Waals surface area contributed by atoms with E-state index < -0.39 is 0 Å². The average Bonchev–Trinajstić information content (AvgIpc) is 2.91. The molecular formula is C17H20N4O2. The molecule has 0 amide bonds. The molecule has 23 heavy (non-hydrogen) atoms. The Morgan fingerprint density at radius 3 is 2.78 bits per heavy atom. The number of aliphatic hydroxyl groups excluding tert-OH is 1. The maximum Gasteiger partial charge on any atom is 0.144 e. The zero-order valence-corrected chi connectivity index (χ0v) is 13.1. The van der Waals surface area contributed by atoms with Crippen molar-refractivity contribution in [3.63, 3.8) is 0 Å². The highest BCUT2D eigenvalue weighted by Gasteiger charge is 2.23. The minimum atomic E-state index is 0.240. The van der Waals surface area contributed by atoms with Crippen LogP contribution in [0, 0.1) is 12.8 Å². The molecule has 0 aliphatic carbocycles. The Hall–Kier alpha value is -2.34. The SMILES string of the molecule is Cc1nc(N2CCC(CO)CC2)c2c(n1)[nH]c1ccc(O)cc12. The summed E-state index contributed by atoms with van der Waals surface area (Å²) in [5.74, 6) is 2.27. The van der Waals surface area contributed by atoms with Gasteiger partial charge in [0.25, 0.3) is 0 Å². The topological polar surface area (TPSA) is 85.3 Å². The van der Waals surface area contributed by atoms with E-state index in [9.17, 15) is 10.2 Å². The maximum absolute atomic E-state index is 9.83. The molecule has 4 rings (SSSR count). The molecule has 6 heteroatoms. The lowest BCUT2D eigenvalue weighted by Gasteiger charge is -2.32. The third-order valence-electron chi connectivity index (χ3n) is 4.70. The van der Waals surface area contributed by atoms with Crippen LogP contribution in [-0.2, 0) is 0 Å². The predicted octanol–water partition coefficient (Wildman–Crippen LogP) is 2.33. The molecule has 1 saturated heterocycles. The molecule has 2 aromatic heterocycles. The van der Waals surface area contributed by atoms with Crippen LogP contribution < -0.4 is 4.90 Å². The molecule has 1 aliphatic heterocycles. The van der Waals surface area contributed by atoms with Crippen molar-refractivity contribution < 1.29 is 10.2 Å². The van der Waals surface area contributed by atoms with Gasteiger partial charge in [0.05, 0.1) is 5.39 Å². The molecule has 0 unspecified atom stereocenters. The summed E-state index contributed by atoms with van der Waals surface area (Å²) in [7, 11) is 0. The Morgan fingerprint density at radius 1 is 1.26 bits per heavy atom. The van der Waals surface area contributed by atoms with E-state index in [1.165, 1.54) is 0 Å². The van der Waals surface area contributed by atoms with Gasteiger partial charge >= 0.3 is 0 Å². The average molecular weight is 312 g/mol. The molecule has 6 nitrogen and oxygen atoms in total. The highest BCUT2D eigenvalue weighted by Crippen LogP contribution is 2.34. The van der Waals surface area contributed by atoms with Crippen LogP contribution in [0.4, 0.5) is 5.82 Å². The summed E-state index contributed by atoms with van der Waals surface area (Å²) >= 11 is 0. The third-order valence-corrected chi connectivity index (χ3v) is 4.70. The van der Waals surface area contributed by atoms with E-state index in [1.54, 1.807) is 12.1 Å². The van der Waals surface area contributed by atoms with Gasteiger partial charge in [0.2, 0.25) is 0 Å². The number of benzene rings is 1. The van der Waals surface area contributed by atoms with Crippen LogP contribution in [0.3, 0.4) is 0 Å². The van der Waals surface area contributed by atoms with Crippen molar-refractivity contribution in [2.24, 2.45) is 5.92 Å². The number of aryl methyl sites for hydroxylation is 1. The third kappa shape index (κ3) is 2.39. The number of aliphatic hydroxyl groups is 1. The summed E-state index contributed by atoms with van der Waals surface area (Å²) in [6.07, 6.45) is 1.93. The second kappa shape index (κ2) is 5.38. The van der Waals surface area contributed by atoms with E-state index >= 15 is 0 Å². The Labute approximate surface area is 133 Å². The van der Waals surface area contributed by atoms with Gasteiger partial charge in [0.15, 0.2) is 0 Å². The Balaban J connectivity index is 1.88. The van der Waals surface area contributed by atoms with Gasteiger partial charge in [-0.2, -0.15) is 0 Å². The molecule has 3 aromatic rings. The number of piperidine rings is 1. The summed E-state index contributed by atoms with van der Waals surface area (Å²) in [5.41, 5.74) is 1.75. The van der Waals surface area contributed by atoms with Crippen molar-refractivity contribution in [3.8, 4) is 5.75 Å². The van der Waals surface area contributed by atoms with Gasteiger partial charge in [-0.1, -0.05) is 0 Å². The largest absolute Gasteiger partial charge is 0.508 e. The van der Waals surface area contributed by atoms with Crippen LogP contribution in [0.1, 0.15) is 18.7 Å². The van der Waals surface area contributed by atoms with Crippen LogP contribution in [0.15, 0.2) is 18.2 Å². The van der Waals surface area contributed by atoms with Gasteiger partial charge in [0.1, 0.15) is 23.0 Å². The Bertz CT molecular complexity index is 866. The smallest absolute Gasteiger partial charge is 0.144 e. The highest BCUT2D eigenvalue weighted by molar-refractivity contribution is 6.11. The molecule has 1 fully saturated rings. The molecule has 3 heterocycles. The first-order chi connectivity index (χ1) is 11.2. The van der Waals surface area contributed by atoms with Gasteiger partial charge < -0.3 is 20.1 Å². The van der Waals surface area contributed by atoms with Crippen LogP contribution >= 0.6 is 0 Å². The molecule has 0 spiro atoms. The number of aromatic nitrogens is 3. The number of hydrogen-bond acceptors (Lipinski definition) is 5. The van der Waals surface area contributed by atoms with E-state index in [4.69, 9.17) is 0 Å². The monoisotopic (exact) mass is 312 g/mol. The normalized spacial score (nSPS) is 16.5. The summed E-state index contributed by atoms with van der Waals surface area (Å²) in [4.78, 5) is 14.8. The lowest BCUT2D eigenvalue weighted by Crippen LogP contribution is -2.35. The molecule has 0 radical (unpaired) electrons. The van der Waals surface area contributed by atoms with Gasteiger partial charge in [-0.05, 0) is 43.9 Å². The van der Waals surface area contributed by atoms with Crippen molar-refractivity contribution >= 4 is 27.8 Å². The number of aromatic hydroxyl groups is 1. The lowest BCUT2D eigenvalue weighted by molar-refractivity contribution is 0.203. The summed E-state index contributed by atoms with van der Waals surface area (Å²) < 4.78 is 0. The predicted molar refractivity (Wildman–Crippen MR) is 89.8 cm³/mol. The molecule has 1 aliphatic rings. The van der Waals surface area contributed by atoms with Crippen molar-refractivity contribution in [1.29, 1.82) is 0 Å². The van der Waals surface area contributed by atoms with E-state index in [-0.39, 0.29) is 12.4 Å². The summed E-state index contributed by atoms with van der Waals surface area (Å²) in [6.45, 7) is 3.91. The number of nitrogens with zero attached hydrogens (tertiary/aromatic N) is 3.